The molecule has 29 heavy (non-hydrogen) atoms. The molecule has 0 heterocycles. The van der Waals surface area contributed by atoms with E-state index < -0.39 is 0 Å². The van der Waals surface area contributed by atoms with Crippen LogP contribution in [0.5, 0.6) is 0 Å². The van der Waals surface area contributed by atoms with Crippen LogP contribution in [-0.2, 0) is 6.42 Å². The Bertz CT molecular complexity index is 1200. The van der Waals surface area contributed by atoms with Crippen LogP contribution in [0.2, 0.25) is 0 Å². The van der Waals surface area contributed by atoms with Gasteiger partial charge in [-0.1, -0.05) is 54.1 Å². The Morgan fingerprint density at radius 3 is 1.97 bits per heavy atom. The first kappa shape index (κ1) is 17.8. The van der Waals surface area contributed by atoms with E-state index in [4.69, 9.17) is 0 Å². The number of anilines is 3. The predicted octanol–water partition coefficient (Wildman–Crippen LogP) is 7.65. The molecule has 0 aromatic heterocycles. The normalized spacial score (nSPS) is 11.8. The van der Waals surface area contributed by atoms with Crippen molar-refractivity contribution in [2.75, 3.05) is 4.90 Å². The van der Waals surface area contributed by atoms with Crippen LogP contribution >= 0.6 is 0 Å². The maximum Gasteiger partial charge on any atom is 0.0464 e. The van der Waals surface area contributed by atoms with Crippen molar-refractivity contribution in [1.82, 2.24) is 0 Å². The summed E-state index contributed by atoms with van der Waals surface area (Å²) in [5.41, 5.74) is 13.2. The lowest BCUT2D eigenvalue weighted by Gasteiger charge is -2.26. The van der Waals surface area contributed by atoms with Crippen LogP contribution in [0.4, 0.5) is 17.1 Å². The minimum atomic E-state index is 1.01. The van der Waals surface area contributed by atoms with Crippen LogP contribution in [0.3, 0.4) is 0 Å². The number of fused-ring (bicyclic) bond motifs is 3. The fraction of sp³-hybridized carbons (Fsp3) is 0.143. The molecule has 0 aliphatic heterocycles. The van der Waals surface area contributed by atoms with E-state index in [1.54, 1.807) is 0 Å². The van der Waals surface area contributed by atoms with E-state index in [0.29, 0.717) is 0 Å². The molecule has 0 radical (unpaired) electrons. The van der Waals surface area contributed by atoms with Crippen LogP contribution in [0.1, 0.15) is 27.8 Å². The molecule has 0 fully saturated rings. The predicted molar refractivity (Wildman–Crippen MR) is 124 cm³/mol. The number of hydrogen-bond donors (Lipinski definition) is 0. The number of aryl methyl sites for hydroxylation is 3. The highest BCUT2D eigenvalue weighted by Crippen LogP contribution is 2.42. The summed E-state index contributed by atoms with van der Waals surface area (Å²) in [6, 6.07) is 31.1. The first-order chi connectivity index (χ1) is 14.1. The average Bonchev–Trinajstić information content (AvgIpc) is 3.08. The maximum atomic E-state index is 2.37. The molecule has 0 bridgehead atoms. The molecule has 0 unspecified atom stereocenters. The Morgan fingerprint density at radius 1 is 0.552 bits per heavy atom. The Morgan fingerprint density at radius 2 is 1.21 bits per heavy atom. The van der Waals surface area contributed by atoms with Crippen molar-refractivity contribution in [3.8, 4) is 11.1 Å². The second kappa shape index (κ2) is 6.93. The zero-order valence-corrected chi connectivity index (χ0v) is 17.2. The zero-order valence-electron chi connectivity index (χ0n) is 17.2. The van der Waals surface area contributed by atoms with Gasteiger partial charge in [-0.25, -0.2) is 0 Å². The van der Waals surface area contributed by atoms with Gasteiger partial charge in [0.15, 0.2) is 0 Å². The fourth-order valence-electron chi connectivity index (χ4n) is 4.35. The monoisotopic (exact) mass is 375 g/mol. The van der Waals surface area contributed by atoms with Crippen molar-refractivity contribution in [1.29, 1.82) is 0 Å². The fourth-order valence-corrected chi connectivity index (χ4v) is 4.35. The minimum Gasteiger partial charge on any atom is -0.310 e. The van der Waals surface area contributed by atoms with E-state index in [2.05, 4.69) is 111 Å². The van der Waals surface area contributed by atoms with Gasteiger partial charge in [0.25, 0.3) is 0 Å². The molecule has 1 nitrogen and oxygen atoms in total. The largest absolute Gasteiger partial charge is 0.310 e. The van der Waals surface area contributed by atoms with E-state index >= 15 is 0 Å². The van der Waals surface area contributed by atoms with Gasteiger partial charge in [0.2, 0.25) is 0 Å². The highest BCUT2D eigenvalue weighted by atomic mass is 15.1. The van der Waals surface area contributed by atoms with Crippen molar-refractivity contribution >= 4 is 17.1 Å². The Labute approximate surface area is 173 Å². The van der Waals surface area contributed by atoms with Crippen molar-refractivity contribution < 1.29 is 0 Å². The molecule has 0 saturated carbocycles. The summed E-state index contributed by atoms with van der Waals surface area (Å²) in [5, 5.41) is 0. The van der Waals surface area contributed by atoms with Crippen molar-refractivity contribution in [2.24, 2.45) is 0 Å². The van der Waals surface area contributed by atoms with E-state index in [9.17, 15) is 0 Å². The quantitative estimate of drug-likeness (QED) is 0.313. The lowest BCUT2D eigenvalue weighted by atomic mass is 10.0. The van der Waals surface area contributed by atoms with E-state index in [1.165, 1.54) is 56.0 Å². The lowest BCUT2D eigenvalue weighted by molar-refractivity contribution is 1.22. The first-order valence-corrected chi connectivity index (χ1v) is 10.3. The number of hydrogen-bond acceptors (Lipinski definition) is 1. The molecule has 1 aliphatic rings. The van der Waals surface area contributed by atoms with Crippen LogP contribution in [0.15, 0.2) is 84.9 Å². The third-order valence-electron chi connectivity index (χ3n) is 6.04. The number of nitrogens with zero attached hydrogens (tertiary/aromatic N) is 1. The summed E-state index contributed by atoms with van der Waals surface area (Å²) in [5.74, 6) is 0. The Hall–Kier alpha value is -3.32. The van der Waals surface area contributed by atoms with Gasteiger partial charge < -0.3 is 4.90 Å². The van der Waals surface area contributed by atoms with Gasteiger partial charge in [-0.05, 0) is 97.0 Å². The molecular weight excluding hydrogens is 350 g/mol. The number of benzene rings is 4. The van der Waals surface area contributed by atoms with Crippen LogP contribution in [0, 0.1) is 20.8 Å². The average molecular weight is 376 g/mol. The van der Waals surface area contributed by atoms with Gasteiger partial charge in [-0.15, -0.1) is 0 Å². The molecule has 4 aromatic rings. The molecule has 0 spiro atoms. The third-order valence-corrected chi connectivity index (χ3v) is 6.04. The van der Waals surface area contributed by atoms with Crippen LogP contribution in [-0.4, -0.2) is 0 Å². The van der Waals surface area contributed by atoms with Crippen molar-refractivity contribution in [2.45, 2.75) is 27.2 Å². The van der Waals surface area contributed by atoms with E-state index in [1.807, 2.05) is 0 Å². The lowest BCUT2D eigenvalue weighted by Crippen LogP contribution is -2.10. The van der Waals surface area contributed by atoms with E-state index in [-0.39, 0.29) is 0 Å². The SMILES string of the molecule is Cc1ccc2c(c1)Cc1cc(N(c3ccccc3)c3ccc(C)c(C)c3)ccc1-2. The highest BCUT2D eigenvalue weighted by molar-refractivity contribution is 5.83. The van der Waals surface area contributed by atoms with Crippen molar-refractivity contribution in [3.05, 3.63) is 113 Å². The summed E-state index contributed by atoms with van der Waals surface area (Å²) in [6.45, 7) is 6.52. The molecule has 0 amide bonds. The van der Waals surface area contributed by atoms with Gasteiger partial charge in [-0.3, -0.25) is 0 Å². The van der Waals surface area contributed by atoms with Gasteiger partial charge in [0.1, 0.15) is 0 Å². The maximum absolute atomic E-state index is 2.37. The highest BCUT2D eigenvalue weighted by Gasteiger charge is 2.21. The molecule has 5 rings (SSSR count). The zero-order chi connectivity index (χ0) is 20.0. The van der Waals surface area contributed by atoms with Gasteiger partial charge in [-0.2, -0.15) is 0 Å². The molecule has 1 aliphatic carbocycles. The smallest absolute Gasteiger partial charge is 0.0464 e. The second-order valence-electron chi connectivity index (χ2n) is 8.12. The molecule has 1 heteroatoms. The molecule has 0 saturated heterocycles. The van der Waals surface area contributed by atoms with Crippen LogP contribution in [0.25, 0.3) is 11.1 Å². The van der Waals surface area contributed by atoms with Gasteiger partial charge >= 0.3 is 0 Å². The van der Waals surface area contributed by atoms with Crippen LogP contribution < -0.4 is 4.90 Å². The molecule has 142 valence electrons. The molecular formula is C28H25N. The Balaban J connectivity index is 1.63. The topological polar surface area (TPSA) is 3.24 Å². The molecule has 0 N–H and O–H groups in total. The van der Waals surface area contributed by atoms with Gasteiger partial charge in [0.05, 0.1) is 0 Å². The third kappa shape index (κ3) is 3.13. The molecule has 4 aromatic carbocycles. The summed E-state index contributed by atoms with van der Waals surface area (Å²) in [6.07, 6.45) is 1.01. The molecule has 0 atom stereocenters. The summed E-state index contributed by atoms with van der Waals surface area (Å²) >= 11 is 0. The number of para-hydroxylation sites is 1. The van der Waals surface area contributed by atoms with Gasteiger partial charge in [0, 0.05) is 17.1 Å². The van der Waals surface area contributed by atoms with Crippen molar-refractivity contribution in [3.63, 3.8) is 0 Å². The summed E-state index contributed by atoms with van der Waals surface area (Å²) < 4.78 is 0. The number of rotatable bonds is 3. The summed E-state index contributed by atoms with van der Waals surface area (Å²) in [4.78, 5) is 2.36. The van der Waals surface area contributed by atoms with E-state index in [0.717, 1.165) is 6.42 Å². The second-order valence-corrected chi connectivity index (χ2v) is 8.12. The summed E-state index contributed by atoms with van der Waals surface area (Å²) in [7, 11) is 0. The minimum absolute atomic E-state index is 1.01. The standard InChI is InChI=1S/C28H25N/c1-19-9-13-27-22(15-19)17-23-18-26(12-14-28(23)27)29(24-7-5-4-6-8-24)25-11-10-20(2)21(3)16-25/h4-16,18H,17H2,1-3H3. The first-order valence-electron chi connectivity index (χ1n) is 10.3. The Kier molecular flexibility index (Phi) is 4.24.